The van der Waals surface area contributed by atoms with Gasteiger partial charge in [-0.1, -0.05) is 15.9 Å². The van der Waals surface area contributed by atoms with E-state index in [9.17, 15) is 18.0 Å². The van der Waals surface area contributed by atoms with Crippen LogP contribution in [0, 0.1) is 17.5 Å². The van der Waals surface area contributed by atoms with Crippen LogP contribution in [-0.2, 0) is 0 Å². The smallest absolute Gasteiger partial charge is 0.256 e. The number of carbonyl (C=O) groups is 1. The lowest BCUT2D eigenvalue weighted by Crippen LogP contribution is -2.42. The van der Waals surface area contributed by atoms with Gasteiger partial charge >= 0.3 is 0 Å². The highest BCUT2D eigenvalue weighted by atomic mass is 79.9. The maximum absolute atomic E-state index is 13.9. The van der Waals surface area contributed by atoms with Crippen molar-refractivity contribution in [1.29, 1.82) is 0 Å². The maximum atomic E-state index is 13.9. The van der Waals surface area contributed by atoms with Gasteiger partial charge in [0.15, 0.2) is 11.6 Å². The Bertz CT molecular complexity index is 792. The zero-order valence-corrected chi connectivity index (χ0v) is 14.7. The van der Waals surface area contributed by atoms with E-state index in [0.29, 0.717) is 30.4 Å². The van der Waals surface area contributed by atoms with Crippen molar-refractivity contribution < 1.29 is 22.7 Å². The fourth-order valence-corrected chi connectivity index (χ4v) is 3.12. The van der Waals surface area contributed by atoms with E-state index in [1.54, 1.807) is 4.90 Å². The van der Waals surface area contributed by atoms with Crippen molar-refractivity contribution in [1.82, 2.24) is 4.90 Å². The van der Waals surface area contributed by atoms with Crippen molar-refractivity contribution in [3.63, 3.8) is 0 Å². The van der Waals surface area contributed by atoms with E-state index in [-0.39, 0.29) is 23.3 Å². The minimum absolute atomic E-state index is 0.00999. The number of halogens is 4. The molecule has 0 aromatic heterocycles. The quantitative estimate of drug-likeness (QED) is 0.738. The van der Waals surface area contributed by atoms with Gasteiger partial charge in [-0.2, -0.15) is 0 Å². The van der Waals surface area contributed by atoms with Crippen molar-refractivity contribution >= 4 is 21.8 Å². The molecule has 1 fully saturated rings. The Morgan fingerprint density at radius 1 is 1.04 bits per heavy atom. The van der Waals surface area contributed by atoms with Gasteiger partial charge in [0.1, 0.15) is 17.7 Å². The van der Waals surface area contributed by atoms with Gasteiger partial charge in [-0.15, -0.1) is 0 Å². The molecule has 0 radical (unpaired) electrons. The third kappa shape index (κ3) is 4.15. The first-order chi connectivity index (χ1) is 11.9. The maximum Gasteiger partial charge on any atom is 0.256 e. The Hall–Kier alpha value is -2.02. The number of piperidine rings is 1. The number of nitrogens with zero attached hydrogens (tertiary/aromatic N) is 1. The first kappa shape index (κ1) is 17.8. The molecule has 0 aliphatic carbocycles. The summed E-state index contributed by atoms with van der Waals surface area (Å²) in [4.78, 5) is 14.0. The van der Waals surface area contributed by atoms with E-state index >= 15 is 0 Å². The molecular weight excluding hydrogens is 399 g/mol. The summed E-state index contributed by atoms with van der Waals surface area (Å²) in [7, 11) is 0. The second-order valence-electron chi connectivity index (χ2n) is 5.81. The number of hydrogen-bond donors (Lipinski definition) is 0. The standard InChI is InChI=1S/C18H15BrF3NO2/c19-11-1-3-15(21)14(9-11)18(24)23-7-5-13(6-8-23)25-17-4-2-12(20)10-16(17)22/h1-4,9-10,13H,5-8H2. The zero-order chi connectivity index (χ0) is 18.0. The normalized spacial score (nSPS) is 15.3. The minimum Gasteiger partial charge on any atom is -0.487 e. The first-order valence-electron chi connectivity index (χ1n) is 7.80. The molecule has 3 rings (SSSR count). The molecule has 0 bridgehead atoms. The molecule has 0 saturated carbocycles. The van der Waals surface area contributed by atoms with Gasteiger partial charge < -0.3 is 9.64 Å². The van der Waals surface area contributed by atoms with Crippen LogP contribution in [0.1, 0.15) is 23.2 Å². The summed E-state index contributed by atoms with van der Waals surface area (Å²) >= 11 is 3.23. The fraction of sp³-hybridized carbons (Fsp3) is 0.278. The predicted molar refractivity (Wildman–Crippen MR) is 90.0 cm³/mol. The van der Waals surface area contributed by atoms with E-state index < -0.39 is 17.5 Å². The molecule has 7 heteroatoms. The largest absolute Gasteiger partial charge is 0.487 e. The molecule has 0 N–H and O–H groups in total. The minimum atomic E-state index is -0.755. The third-order valence-corrected chi connectivity index (χ3v) is 4.57. The number of carbonyl (C=O) groups excluding carboxylic acids is 1. The number of likely N-dealkylation sites (tertiary alicyclic amines) is 1. The molecule has 0 spiro atoms. The van der Waals surface area contributed by atoms with Gasteiger partial charge in [-0.05, 0) is 30.3 Å². The van der Waals surface area contributed by atoms with Crippen molar-refractivity contribution in [2.45, 2.75) is 18.9 Å². The lowest BCUT2D eigenvalue weighted by Gasteiger charge is -2.32. The molecule has 132 valence electrons. The summed E-state index contributed by atoms with van der Waals surface area (Å²) in [6.07, 6.45) is 0.687. The Morgan fingerprint density at radius 2 is 1.76 bits per heavy atom. The average molecular weight is 414 g/mol. The van der Waals surface area contributed by atoms with Gasteiger partial charge in [-0.3, -0.25) is 4.79 Å². The van der Waals surface area contributed by atoms with Gasteiger partial charge in [0.05, 0.1) is 5.56 Å². The highest BCUT2D eigenvalue weighted by Gasteiger charge is 2.26. The van der Waals surface area contributed by atoms with Crippen molar-refractivity contribution in [2.24, 2.45) is 0 Å². The average Bonchev–Trinajstić information content (AvgIpc) is 2.59. The van der Waals surface area contributed by atoms with Crippen LogP contribution in [-0.4, -0.2) is 30.0 Å². The number of amides is 1. The summed E-state index contributed by atoms with van der Waals surface area (Å²) in [5.74, 6) is -2.38. The van der Waals surface area contributed by atoms with Crippen LogP contribution in [0.5, 0.6) is 5.75 Å². The SMILES string of the molecule is O=C(c1cc(Br)ccc1F)N1CCC(Oc2ccc(F)cc2F)CC1. The van der Waals surface area contributed by atoms with Gasteiger partial charge in [0.2, 0.25) is 0 Å². The third-order valence-electron chi connectivity index (χ3n) is 4.08. The van der Waals surface area contributed by atoms with Gasteiger partial charge in [0, 0.05) is 36.5 Å². The van der Waals surface area contributed by atoms with Crippen molar-refractivity contribution in [3.05, 3.63) is 63.9 Å². The molecule has 1 aliphatic rings. The van der Waals surface area contributed by atoms with E-state index in [4.69, 9.17) is 4.74 Å². The predicted octanol–water partition coefficient (Wildman–Crippen LogP) is 4.55. The summed E-state index contributed by atoms with van der Waals surface area (Å²) in [5.41, 5.74) is 0.0123. The van der Waals surface area contributed by atoms with Crippen LogP contribution in [0.2, 0.25) is 0 Å². The number of ether oxygens (including phenoxy) is 1. The topological polar surface area (TPSA) is 29.5 Å². The van der Waals surface area contributed by atoms with E-state index in [1.165, 1.54) is 24.3 Å². The highest BCUT2D eigenvalue weighted by Crippen LogP contribution is 2.24. The zero-order valence-electron chi connectivity index (χ0n) is 13.1. The Kier molecular flexibility index (Phi) is 5.32. The van der Waals surface area contributed by atoms with E-state index in [2.05, 4.69) is 15.9 Å². The van der Waals surface area contributed by atoms with Crippen molar-refractivity contribution in [3.8, 4) is 5.75 Å². The van der Waals surface area contributed by atoms with Crippen LogP contribution in [0.15, 0.2) is 40.9 Å². The van der Waals surface area contributed by atoms with E-state index in [1.807, 2.05) is 0 Å². The number of rotatable bonds is 3. The summed E-state index contributed by atoms with van der Waals surface area (Å²) in [6, 6.07) is 7.37. The fourth-order valence-electron chi connectivity index (χ4n) is 2.76. The second kappa shape index (κ2) is 7.47. The molecule has 1 saturated heterocycles. The van der Waals surface area contributed by atoms with Crippen molar-refractivity contribution in [2.75, 3.05) is 13.1 Å². The Labute approximate surface area is 151 Å². The lowest BCUT2D eigenvalue weighted by atomic mass is 10.1. The molecule has 1 amide bonds. The van der Waals surface area contributed by atoms with Crippen LogP contribution >= 0.6 is 15.9 Å². The summed E-state index contributed by atoms with van der Waals surface area (Å²) < 4.78 is 46.6. The number of benzene rings is 2. The molecular formula is C18H15BrF3NO2. The molecule has 2 aromatic carbocycles. The van der Waals surface area contributed by atoms with E-state index in [0.717, 1.165) is 12.1 Å². The Morgan fingerprint density at radius 3 is 2.44 bits per heavy atom. The molecule has 1 heterocycles. The van der Waals surface area contributed by atoms with Crippen LogP contribution < -0.4 is 4.74 Å². The highest BCUT2D eigenvalue weighted by molar-refractivity contribution is 9.10. The molecule has 0 atom stereocenters. The van der Waals surface area contributed by atoms with Gasteiger partial charge in [-0.25, -0.2) is 13.2 Å². The molecule has 0 unspecified atom stereocenters. The molecule has 25 heavy (non-hydrogen) atoms. The second-order valence-corrected chi connectivity index (χ2v) is 6.72. The Balaban J connectivity index is 1.61. The first-order valence-corrected chi connectivity index (χ1v) is 8.59. The van der Waals surface area contributed by atoms with Crippen LogP contribution in [0.25, 0.3) is 0 Å². The summed E-state index contributed by atoms with van der Waals surface area (Å²) in [5, 5.41) is 0. The lowest BCUT2D eigenvalue weighted by molar-refractivity contribution is 0.0584. The molecule has 2 aromatic rings. The summed E-state index contributed by atoms with van der Waals surface area (Å²) in [6.45, 7) is 0.747. The monoisotopic (exact) mass is 413 g/mol. The van der Waals surface area contributed by atoms with Gasteiger partial charge in [0.25, 0.3) is 5.91 Å². The van der Waals surface area contributed by atoms with Crippen LogP contribution in [0.4, 0.5) is 13.2 Å². The molecule has 3 nitrogen and oxygen atoms in total. The molecule has 1 aliphatic heterocycles. The number of hydrogen-bond acceptors (Lipinski definition) is 2. The van der Waals surface area contributed by atoms with Crippen LogP contribution in [0.3, 0.4) is 0 Å².